The Hall–Kier alpha value is -3.02. The highest BCUT2D eigenvalue weighted by Gasteiger charge is 2.19. The van der Waals surface area contributed by atoms with E-state index in [1.165, 1.54) is 12.3 Å². The zero-order valence-electron chi connectivity index (χ0n) is 15.2. The minimum Gasteiger partial charge on any atom is -0.441 e. The standard InChI is InChI=1S/C21H20F2N2O2/c1-14(15-7-4-3-5-8-15)25(2)20(26)12-11-19-24-13-18(27-19)21-16(22)9-6-10-17(21)23/h3-10,13-14H,11-12H2,1-2H3. The monoisotopic (exact) mass is 370 g/mol. The highest BCUT2D eigenvalue weighted by Crippen LogP contribution is 2.27. The summed E-state index contributed by atoms with van der Waals surface area (Å²) in [6.45, 7) is 1.96. The van der Waals surface area contributed by atoms with E-state index in [2.05, 4.69) is 4.98 Å². The van der Waals surface area contributed by atoms with E-state index >= 15 is 0 Å². The molecule has 1 unspecified atom stereocenters. The third kappa shape index (κ3) is 4.22. The van der Waals surface area contributed by atoms with Gasteiger partial charge in [-0.3, -0.25) is 4.79 Å². The Labute approximate surface area is 156 Å². The maximum atomic E-state index is 13.8. The van der Waals surface area contributed by atoms with Crippen molar-refractivity contribution in [1.82, 2.24) is 9.88 Å². The van der Waals surface area contributed by atoms with Crippen molar-refractivity contribution in [2.75, 3.05) is 7.05 Å². The second kappa shape index (κ2) is 8.12. The fourth-order valence-corrected chi connectivity index (χ4v) is 2.84. The number of nitrogens with zero attached hydrogens (tertiary/aromatic N) is 2. The van der Waals surface area contributed by atoms with E-state index in [4.69, 9.17) is 4.42 Å². The minimum atomic E-state index is -0.717. The summed E-state index contributed by atoms with van der Waals surface area (Å²) >= 11 is 0. The van der Waals surface area contributed by atoms with Crippen LogP contribution in [0.25, 0.3) is 11.3 Å². The SMILES string of the molecule is CC(c1ccccc1)N(C)C(=O)CCc1ncc(-c2c(F)cccc2F)o1. The number of carbonyl (C=O) groups excluding carboxylic acids is 1. The van der Waals surface area contributed by atoms with Gasteiger partial charge in [0, 0.05) is 19.9 Å². The van der Waals surface area contributed by atoms with E-state index in [1.807, 2.05) is 37.3 Å². The van der Waals surface area contributed by atoms with E-state index < -0.39 is 11.6 Å². The number of carbonyl (C=O) groups is 1. The van der Waals surface area contributed by atoms with Crippen LogP contribution in [0.5, 0.6) is 0 Å². The molecule has 3 aromatic rings. The predicted octanol–water partition coefficient (Wildman–Crippen LogP) is 4.77. The van der Waals surface area contributed by atoms with Gasteiger partial charge in [-0.05, 0) is 24.6 Å². The molecule has 4 nitrogen and oxygen atoms in total. The Morgan fingerprint density at radius 3 is 2.44 bits per heavy atom. The average Bonchev–Trinajstić information content (AvgIpc) is 3.14. The van der Waals surface area contributed by atoms with Gasteiger partial charge < -0.3 is 9.32 Å². The first-order chi connectivity index (χ1) is 13.0. The van der Waals surface area contributed by atoms with Crippen LogP contribution in [0.2, 0.25) is 0 Å². The molecular formula is C21H20F2N2O2. The lowest BCUT2D eigenvalue weighted by Gasteiger charge is -2.25. The fraction of sp³-hybridized carbons (Fsp3) is 0.238. The lowest BCUT2D eigenvalue weighted by atomic mass is 10.1. The summed E-state index contributed by atoms with van der Waals surface area (Å²) in [6, 6.07) is 13.3. The molecule has 0 aliphatic rings. The molecular weight excluding hydrogens is 350 g/mol. The van der Waals surface area contributed by atoms with Crippen LogP contribution in [0.4, 0.5) is 8.78 Å². The summed E-state index contributed by atoms with van der Waals surface area (Å²) in [7, 11) is 1.75. The van der Waals surface area contributed by atoms with Gasteiger partial charge in [-0.25, -0.2) is 13.8 Å². The Bertz CT molecular complexity index is 905. The molecule has 0 bridgehead atoms. The Kier molecular flexibility index (Phi) is 5.64. The molecule has 0 saturated carbocycles. The van der Waals surface area contributed by atoms with Crippen molar-refractivity contribution in [2.45, 2.75) is 25.8 Å². The molecule has 0 saturated heterocycles. The lowest BCUT2D eigenvalue weighted by molar-refractivity contribution is -0.131. The third-order valence-corrected chi connectivity index (χ3v) is 4.57. The first kappa shape index (κ1) is 18.8. The van der Waals surface area contributed by atoms with Gasteiger partial charge in [0.1, 0.15) is 11.6 Å². The summed E-state index contributed by atoms with van der Waals surface area (Å²) in [4.78, 5) is 18.2. The maximum absolute atomic E-state index is 13.8. The Morgan fingerprint density at radius 2 is 1.78 bits per heavy atom. The molecule has 2 aromatic carbocycles. The Morgan fingerprint density at radius 1 is 1.11 bits per heavy atom. The van der Waals surface area contributed by atoms with Crippen LogP contribution < -0.4 is 0 Å². The quantitative estimate of drug-likeness (QED) is 0.628. The van der Waals surface area contributed by atoms with Crippen molar-refractivity contribution >= 4 is 5.91 Å². The number of aryl methyl sites for hydroxylation is 1. The van der Waals surface area contributed by atoms with Crippen molar-refractivity contribution in [2.24, 2.45) is 0 Å². The van der Waals surface area contributed by atoms with E-state index in [1.54, 1.807) is 11.9 Å². The number of aromatic nitrogens is 1. The van der Waals surface area contributed by atoms with Crippen molar-refractivity contribution in [3.8, 4) is 11.3 Å². The number of benzene rings is 2. The van der Waals surface area contributed by atoms with E-state index in [0.717, 1.165) is 17.7 Å². The Balaban J connectivity index is 1.64. The molecule has 3 rings (SSSR count). The van der Waals surface area contributed by atoms with Crippen LogP contribution >= 0.6 is 0 Å². The molecule has 0 aliphatic carbocycles. The van der Waals surface area contributed by atoms with Crippen LogP contribution in [0.1, 0.15) is 30.8 Å². The molecule has 140 valence electrons. The summed E-state index contributed by atoms with van der Waals surface area (Å²) < 4.78 is 33.1. The van der Waals surface area contributed by atoms with Crippen LogP contribution in [-0.4, -0.2) is 22.8 Å². The molecule has 0 N–H and O–H groups in total. The molecule has 1 atom stereocenters. The molecule has 1 aromatic heterocycles. The minimum absolute atomic E-state index is 0.0130. The van der Waals surface area contributed by atoms with Gasteiger partial charge >= 0.3 is 0 Å². The van der Waals surface area contributed by atoms with E-state index in [9.17, 15) is 13.6 Å². The molecule has 0 aliphatic heterocycles. The van der Waals surface area contributed by atoms with Crippen molar-refractivity contribution in [1.29, 1.82) is 0 Å². The van der Waals surface area contributed by atoms with Gasteiger partial charge in [-0.15, -0.1) is 0 Å². The van der Waals surface area contributed by atoms with Crippen LogP contribution in [-0.2, 0) is 11.2 Å². The normalized spacial score (nSPS) is 12.0. The van der Waals surface area contributed by atoms with Gasteiger partial charge in [-0.2, -0.15) is 0 Å². The molecule has 1 heterocycles. The summed E-state index contributed by atoms with van der Waals surface area (Å²) in [5, 5.41) is 0. The van der Waals surface area contributed by atoms with Gasteiger partial charge in [0.2, 0.25) is 5.91 Å². The van der Waals surface area contributed by atoms with Crippen molar-refractivity contribution in [3.05, 3.63) is 77.8 Å². The van der Waals surface area contributed by atoms with Gasteiger partial charge in [0.05, 0.1) is 17.8 Å². The topological polar surface area (TPSA) is 46.3 Å². The smallest absolute Gasteiger partial charge is 0.223 e. The summed E-state index contributed by atoms with van der Waals surface area (Å²) in [5.74, 6) is -1.22. The highest BCUT2D eigenvalue weighted by molar-refractivity contribution is 5.76. The second-order valence-corrected chi connectivity index (χ2v) is 6.31. The molecule has 6 heteroatoms. The average molecular weight is 370 g/mol. The van der Waals surface area contributed by atoms with Crippen LogP contribution in [0, 0.1) is 11.6 Å². The largest absolute Gasteiger partial charge is 0.441 e. The number of amides is 1. The molecule has 27 heavy (non-hydrogen) atoms. The number of hydrogen-bond donors (Lipinski definition) is 0. The number of hydrogen-bond acceptors (Lipinski definition) is 3. The fourth-order valence-electron chi connectivity index (χ4n) is 2.84. The van der Waals surface area contributed by atoms with Gasteiger partial charge in [0.15, 0.2) is 11.7 Å². The first-order valence-electron chi connectivity index (χ1n) is 8.67. The molecule has 0 radical (unpaired) electrons. The lowest BCUT2D eigenvalue weighted by Crippen LogP contribution is -2.29. The molecule has 0 fully saturated rings. The van der Waals surface area contributed by atoms with Crippen LogP contribution in [0.15, 0.2) is 59.1 Å². The van der Waals surface area contributed by atoms with Crippen molar-refractivity contribution < 1.29 is 18.0 Å². The third-order valence-electron chi connectivity index (χ3n) is 4.57. The molecule has 1 amide bonds. The van der Waals surface area contributed by atoms with E-state index in [0.29, 0.717) is 0 Å². The van der Waals surface area contributed by atoms with Gasteiger partial charge in [-0.1, -0.05) is 36.4 Å². The second-order valence-electron chi connectivity index (χ2n) is 6.31. The zero-order chi connectivity index (χ0) is 19.4. The highest BCUT2D eigenvalue weighted by atomic mass is 19.1. The maximum Gasteiger partial charge on any atom is 0.223 e. The number of rotatable bonds is 6. The number of oxazole rings is 1. The van der Waals surface area contributed by atoms with Crippen LogP contribution in [0.3, 0.4) is 0 Å². The first-order valence-corrected chi connectivity index (χ1v) is 8.67. The molecule has 0 spiro atoms. The zero-order valence-corrected chi connectivity index (χ0v) is 15.2. The van der Waals surface area contributed by atoms with E-state index in [-0.39, 0.29) is 42.0 Å². The number of halogens is 2. The van der Waals surface area contributed by atoms with Gasteiger partial charge in [0.25, 0.3) is 0 Å². The predicted molar refractivity (Wildman–Crippen MR) is 97.8 cm³/mol. The van der Waals surface area contributed by atoms with Crippen molar-refractivity contribution in [3.63, 3.8) is 0 Å². The summed E-state index contributed by atoms with van der Waals surface area (Å²) in [5.41, 5.74) is 0.791. The summed E-state index contributed by atoms with van der Waals surface area (Å²) in [6.07, 6.45) is 1.71.